The molecule has 154 valence electrons. The van der Waals surface area contributed by atoms with E-state index < -0.39 is 12.7 Å². The fourth-order valence-electron chi connectivity index (χ4n) is 2.84. The molecule has 1 aromatic rings. The highest BCUT2D eigenvalue weighted by Gasteiger charge is 2.28. The van der Waals surface area contributed by atoms with Gasteiger partial charge in [0.15, 0.2) is 5.96 Å². The average Bonchev–Trinajstić information content (AvgIpc) is 2.61. The number of aromatic nitrogens is 2. The molecule has 1 saturated heterocycles. The van der Waals surface area contributed by atoms with Crippen molar-refractivity contribution >= 4 is 35.9 Å². The minimum Gasteiger partial charge on any atom is -0.356 e. The fourth-order valence-corrected chi connectivity index (χ4v) is 2.84. The van der Waals surface area contributed by atoms with Gasteiger partial charge in [-0.25, -0.2) is 9.97 Å². The third-order valence-corrected chi connectivity index (χ3v) is 4.07. The van der Waals surface area contributed by atoms with Crippen LogP contribution in [0.1, 0.15) is 6.42 Å². The van der Waals surface area contributed by atoms with Crippen molar-refractivity contribution in [2.75, 3.05) is 64.8 Å². The summed E-state index contributed by atoms with van der Waals surface area (Å²) in [7, 11) is 3.19. The summed E-state index contributed by atoms with van der Waals surface area (Å²) in [4.78, 5) is 18.3. The number of halogens is 4. The van der Waals surface area contributed by atoms with Crippen LogP contribution in [0.4, 0.5) is 19.1 Å². The molecule has 1 fully saturated rings. The molecule has 2 heterocycles. The normalized spacial score (nSPS) is 15.7. The van der Waals surface area contributed by atoms with Gasteiger partial charge in [0.1, 0.15) is 0 Å². The van der Waals surface area contributed by atoms with E-state index in [1.807, 2.05) is 0 Å². The summed E-state index contributed by atoms with van der Waals surface area (Å²) in [6.07, 6.45) is -0.0836. The Morgan fingerprint density at radius 2 is 1.85 bits per heavy atom. The molecule has 1 N–H and O–H groups in total. The molecule has 0 spiro atoms. The summed E-state index contributed by atoms with van der Waals surface area (Å²) in [5.74, 6) is 1.50. The molecule has 0 atom stereocenters. The molecule has 0 saturated carbocycles. The number of alkyl halides is 3. The maximum absolute atomic E-state index is 12.3. The minimum atomic E-state index is -4.15. The zero-order chi connectivity index (χ0) is 19.0. The highest BCUT2D eigenvalue weighted by Crippen LogP contribution is 2.15. The number of hydrogen-bond donors (Lipinski definition) is 1. The van der Waals surface area contributed by atoms with E-state index in [9.17, 15) is 13.2 Å². The molecular formula is C16H27F3IN7. The van der Waals surface area contributed by atoms with Gasteiger partial charge in [-0.3, -0.25) is 9.89 Å². The van der Waals surface area contributed by atoms with Crippen molar-refractivity contribution in [1.29, 1.82) is 0 Å². The van der Waals surface area contributed by atoms with E-state index in [-0.39, 0.29) is 24.0 Å². The fraction of sp³-hybridized carbons (Fsp3) is 0.688. The number of hydrogen-bond acceptors (Lipinski definition) is 5. The van der Waals surface area contributed by atoms with E-state index in [0.717, 1.165) is 38.1 Å². The summed E-state index contributed by atoms with van der Waals surface area (Å²) in [5.41, 5.74) is 0. The maximum Gasteiger partial charge on any atom is 0.401 e. The molecule has 2 rings (SSSR count). The van der Waals surface area contributed by atoms with E-state index in [2.05, 4.69) is 30.1 Å². The summed E-state index contributed by atoms with van der Waals surface area (Å²) in [6.45, 7) is 3.22. The summed E-state index contributed by atoms with van der Waals surface area (Å²) in [6, 6.07) is 1.79. The van der Waals surface area contributed by atoms with Crippen molar-refractivity contribution in [3.8, 4) is 0 Å². The SMILES string of the molecule is CN=C(NCCCN(C)CC(F)(F)F)N1CCN(c2ncccn2)CC1.I. The Bertz CT molecular complexity index is 563. The van der Waals surface area contributed by atoms with Crippen LogP contribution in [0.15, 0.2) is 23.5 Å². The number of anilines is 1. The summed E-state index contributed by atoms with van der Waals surface area (Å²) in [5, 5.41) is 3.23. The first-order valence-electron chi connectivity index (χ1n) is 8.62. The summed E-state index contributed by atoms with van der Waals surface area (Å²) >= 11 is 0. The maximum atomic E-state index is 12.3. The van der Waals surface area contributed by atoms with Crippen molar-refractivity contribution < 1.29 is 13.2 Å². The van der Waals surface area contributed by atoms with Crippen molar-refractivity contribution in [2.24, 2.45) is 4.99 Å². The van der Waals surface area contributed by atoms with Crippen LogP contribution < -0.4 is 10.2 Å². The van der Waals surface area contributed by atoms with Crippen molar-refractivity contribution in [3.05, 3.63) is 18.5 Å². The Balaban J connectivity index is 0.00000364. The van der Waals surface area contributed by atoms with Crippen LogP contribution in [-0.2, 0) is 0 Å². The minimum absolute atomic E-state index is 0. The zero-order valence-electron chi connectivity index (χ0n) is 15.6. The van der Waals surface area contributed by atoms with Crippen molar-refractivity contribution in [2.45, 2.75) is 12.6 Å². The van der Waals surface area contributed by atoms with Crippen LogP contribution in [0.5, 0.6) is 0 Å². The van der Waals surface area contributed by atoms with Gasteiger partial charge in [0.25, 0.3) is 0 Å². The monoisotopic (exact) mass is 501 g/mol. The van der Waals surface area contributed by atoms with Crippen LogP contribution >= 0.6 is 24.0 Å². The lowest BCUT2D eigenvalue weighted by Gasteiger charge is -2.36. The molecule has 27 heavy (non-hydrogen) atoms. The van der Waals surface area contributed by atoms with Crippen LogP contribution in [0.25, 0.3) is 0 Å². The largest absolute Gasteiger partial charge is 0.401 e. The first-order valence-corrected chi connectivity index (χ1v) is 8.62. The van der Waals surface area contributed by atoms with Gasteiger partial charge >= 0.3 is 6.18 Å². The van der Waals surface area contributed by atoms with E-state index in [1.165, 1.54) is 11.9 Å². The number of nitrogens with one attached hydrogen (secondary N) is 1. The van der Waals surface area contributed by atoms with Crippen LogP contribution in [-0.4, -0.2) is 91.8 Å². The van der Waals surface area contributed by atoms with E-state index in [4.69, 9.17) is 0 Å². The smallest absolute Gasteiger partial charge is 0.356 e. The Morgan fingerprint density at radius 1 is 1.22 bits per heavy atom. The van der Waals surface area contributed by atoms with Crippen molar-refractivity contribution in [1.82, 2.24) is 25.1 Å². The van der Waals surface area contributed by atoms with Crippen LogP contribution in [0.2, 0.25) is 0 Å². The first-order chi connectivity index (χ1) is 12.4. The van der Waals surface area contributed by atoms with Crippen molar-refractivity contribution in [3.63, 3.8) is 0 Å². The second-order valence-electron chi connectivity index (χ2n) is 6.20. The van der Waals surface area contributed by atoms with E-state index in [0.29, 0.717) is 19.5 Å². The lowest BCUT2D eigenvalue weighted by molar-refractivity contribution is -0.143. The van der Waals surface area contributed by atoms with Gasteiger partial charge in [-0.2, -0.15) is 13.2 Å². The number of nitrogens with zero attached hydrogens (tertiary/aromatic N) is 6. The number of guanidine groups is 1. The Labute approximate surface area is 175 Å². The van der Waals surface area contributed by atoms with Gasteiger partial charge in [0.05, 0.1) is 6.54 Å². The third kappa shape index (κ3) is 8.45. The second kappa shape index (κ2) is 11.5. The quantitative estimate of drug-likeness (QED) is 0.277. The Morgan fingerprint density at radius 3 is 2.41 bits per heavy atom. The first kappa shape index (κ1) is 23.7. The Kier molecular flexibility index (Phi) is 10.1. The summed E-state index contributed by atoms with van der Waals surface area (Å²) < 4.78 is 36.9. The van der Waals surface area contributed by atoms with Gasteiger partial charge in [0.2, 0.25) is 5.95 Å². The molecule has 0 radical (unpaired) electrons. The lowest BCUT2D eigenvalue weighted by atomic mass is 10.3. The van der Waals surface area contributed by atoms with Gasteiger partial charge in [-0.05, 0) is 26.1 Å². The lowest BCUT2D eigenvalue weighted by Crippen LogP contribution is -2.53. The number of piperazine rings is 1. The predicted molar refractivity (Wildman–Crippen MR) is 111 cm³/mol. The molecule has 11 heteroatoms. The molecular weight excluding hydrogens is 474 g/mol. The molecule has 0 unspecified atom stereocenters. The molecule has 7 nitrogen and oxygen atoms in total. The van der Waals surface area contributed by atoms with Gasteiger partial charge in [-0.15, -0.1) is 24.0 Å². The average molecular weight is 501 g/mol. The molecule has 0 bridgehead atoms. The van der Waals surface area contributed by atoms with Gasteiger partial charge < -0.3 is 15.1 Å². The molecule has 0 aromatic carbocycles. The number of aliphatic imine (C=N–C) groups is 1. The van der Waals surface area contributed by atoms with E-state index in [1.54, 1.807) is 25.5 Å². The van der Waals surface area contributed by atoms with Crippen LogP contribution in [0, 0.1) is 0 Å². The van der Waals surface area contributed by atoms with E-state index >= 15 is 0 Å². The van der Waals surface area contributed by atoms with Gasteiger partial charge in [-0.1, -0.05) is 0 Å². The molecule has 0 amide bonds. The molecule has 1 aliphatic heterocycles. The third-order valence-electron chi connectivity index (χ3n) is 4.07. The Hall–Kier alpha value is -1.37. The highest BCUT2D eigenvalue weighted by atomic mass is 127. The topological polar surface area (TPSA) is 59.9 Å². The highest BCUT2D eigenvalue weighted by molar-refractivity contribution is 14.0. The number of rotatable bonds is 6. The standard InChI is InChI=1S/C16H26F3N7.HI/c1-20-14(21-7-4-8-24(2)13-16(17,18)19)25-9-11-26(12-10-25)15-22-5-3-6-23-15;/h3,5-6H,4,7-13H2,1-2H3,(H,20,21);1H. The zero-order valence-corrected chi connectivity index (χ0v) is 17.9. The predicted octanol–water partition coefficient (Wildman–Crippen LogP) is 1.68. The molecule has 0 aliphatic carbocycles. The van der Waals surface area contributed by atoms with Crippen LogP contribution in [0.3, 0.4) is 0 Å². The van der Waals surface area contributed by atoms with Gasteiger partial charge in [0, 0.05) is 52.2 Å². The molecule has 1 aliphatic rings. The molecule has 1 aromatic heterocycles. The second-order valence-corrected chi connectivity index (χ2v) is 6.20.